The summed E-state index contributed by atoms with van der Waals surface area (Å²) in [6.07, 6.45) is 8.17. The maximum Gasteiger partial charge on any atom is 0.223 e. The molecule has 2 aromatic carbocycles. The van der Waals surface area contributed by atoms with Gasteiger partial charge in [-0.05, 0) is 70.4 Å². The molecule has 2 heterocycles. The normalized spacial score (nSPS) is 17.4. The molecule has 0 spiro atoms. The summed E-state index contributed by atoms with van der Waals surface area (Å²) in [5.41, 5.74) is 10.1. The molecule has 1 aliphatic rings. The minimum atomic E-state index is 0.0662. The molecule has 1 aliphatic carbocycles. The Morgan fingerprint density at radius 2 is 1.90 bits per heavy atom. The lowest BCUT2D eigenvalue weighted by Gasteiger charge is -2.27. The van der Waals surface area contributed by atoms with Crippen LogP contribution in [0.5, 0.6) is 5.75 Å². The van der Waals surface area contributed by atoms with Crippen molar-refractivity contribution in [2.45, 2.75) is 44.6 Å². The van der Waals surface area contributed by atoms with Gasteiger partial charge >= 0.3 is 0 Å². The van der Waals surface area contributed by atoms with Gasteiger partial charge in [-0.15, -0.1) is 0 Å². The lowest BCUT2D eigenvalue weighted by atomic mass is 9.81. The number of nitrogens with one attached hydrogen (secondary N) is 1. The third-order valence-corrected chi connectivity index (χ3v) is 7.51. The molecule has 0 radical (unpaired) electrons. The zero-order valence-corrected chi connectivity index (χ0v) is 22.8. The Morgan fingerprint density at radius 1 is 1.10 bits per heavy atom. The van der Waals surface area contributed by atoms with Crippen molar-refractivity contribution < 1.29 is 9.53 Å². The van der Waals surface area contributed by atoms with Crippen LogP contribution in [0.25, 0.3) is 16.8 Å². The molecule has 1 fully saturated rings. The molecular formula is C31H38N6O2. The van der Waals surface area contributed by atoms with E-state index in [0.29, 0.717) is 12.4 Å². The fourth-order valence-corrected chi connectivity index (χ4v) is 5.42. The SMILES string of the molecule is CN(C)CCCNC(=O)C1CCC(c2nc(-c3cccc(OCc4ccccc4)c3)c3c(N)nccn23)CC1. The van der Waals surface area contributed by atoms with Gasteiger partial charge in [0, 0.05) is 36.3 Å². The van der Waals surface area contributed by atoms with Gasteiger partial charge in [0.05, 0.1) is 0 Å². The van der Waals surface area contributed by atoms with Crippen LogP contribution >= 0.6 is 0 Å². The Bertz CT molecular complexity index is 1390. The summed E-state index contributed by atoms with van der Waals surface area (Å²) in [6, 6.07) is 18.1. The average molecular weight is 527 g/mol. The van der Waals surface area contributed by atoms with E-state index in [2.05, 4.69) is 31.7 Å². The fraction of sp³-hybridized carbons (Fsp3) is 0.387. The minimum absolute atomic E-state index is 0.0662. The first-order valence-electron chi connectivity index (χ1n) is 13.8. The van der Waals surface area contributed by atoms with E-state index < -0.39 is 0 Å². The van der Waals surface area contributed by atoms with Gasteiger partial charge in [0.25, 0.3) is 0 Å². The highest BCUT2D eigenvalue weighted by molar-refractivity contribution is 5.85. The number of nitrogens with zero attached hydrogens (tertiary/aromatic N) is 4. The Morgan fingerprint density at radius 3 is 2.67 bits per heavy atom. The van der Waals surface area contributed by atoms with Crippen molar-refractivity contribution in [3.63, 3.8) is 0 Å². The number of rotatable bonds is 10. The molecule has 5 rings (SSSR count). The molecule has 0 unspecified atom stereocenters. The van der Waals surface area contributed by atoms with E-state index in [1.807, 2.05) is 62.8 Å². The Hall–Kier alpha value is -3.91. The van der Waals surface area contributed by atoms with Crippen molar-refractivity contribution in [2.75, 3.05) is 32.9 Å². The summed E-state index contributed by atoms with van der Waals surface area (Å²) in [6.45, 7) is 2.20. The van der Waals surface area contributed by atoms with Gasteiger partial charge in [0.2, 0.25) is 5.91 Å². The van der Waals surface area contributed by atoms with Crippen LogP contribution in [-0.4, -0.2) is 52.4 Å². The van der Waals surface area contributed by atoms with Gasteiger partial charge in [-0.25, -0.2) is 9.97 Å². The fourth-order valence-electron chi connectivity index (χ4n) is 5.42. The molecule has 1 saturated carbocycles. The van der Waals surface area contributed by atoms with Crippen molar-refractivity contribution in [1.29, 1.82) is 0 Å². The lowest BCUT2D eigenvalue weighted by molar-refractivity contribution is -0.126. The predicted molar refractivity (Wildman–Crippen MR) is 154 cm³/mol. The number of carbonyl (C=O) groups excluding carboxylic acids is 1. The van der Waals surface area contributed by atoms with Gasteiger partial charge in [0.1, 0.15) is 35.2 Å². The molecule has 4 aromatic rings. The maximum atomic E-state index is 12.7. The van der Waals surface area contributed by atoms with Crippen molar-refractivity contribution in [3.8, 4) is 17.0 Å². The molecule has 2 aromatic heterocycles. The number of imidazole rings is 1. The van der Waals surface area contributed by atoms with Crippen LogP contribution in [0.3, 0.4) is 0 Å². The van der Waals surface area contributed by atoms with Crippen LogP contribution in [0.4, 0.5) is 5.82 Å². The second-order valence-corrected chi connectivity index (χ2v) is 10.6. The van der Waals surface area contributed by atoms with Crippen molar-refractivity contribution in [3.05, 3.63) is 78.4 Å². The molecule has 0 aliphatic heterocycles. The van der Waals surface area contributed by atoms with Crippen molar-refractivity contribution in [1.82, 2.24) is 24.6 Å². The van der Waals surface area contributed by atoms with E-state index in [9.17, 15) is 4.79 Å². The molecule has 0 atom stereocenters. The molecule has 3 N–H and O–H groups in total. The maximum absolute atomic E-state index is 12.7. The third kappa shape index (κ3) is 6.40. The van der Waals surface area contributed by atoms with Crippen molar-refractivity contribution >= 4 is 17.2 Å². The molecular weight excluding hydrogens is 488 g/mol. The average Bonchev–Trinajstić information content (AvgIpc) is 3.36. The Labute approximate surface area is 230 Å². The van der Waals surface area contributed by atoms with E-state index in [1.54, 1.807) is 6.20 Å². The summed E-state index contributed by atoms with van der Waals surface area (Å²) in [7, 11) is 4.10. The number of ether oxygens (including phenoxy) is 1. The van der Waals surface area contributed by atoms with Crippen LogP contribution in [-0.2, 0) is 11.4 Å². The standard InChI is InChI=1S/C31H38N6O2/c1-36(2)18-7-16-34-31(38)24-14-12-23(13-15-24)30-35-27(28-29(32)33-17-19-37(28)30)25-10-6-11-26(20-25)39-21-22-8-4-3-5-9-22/h3-6,8-11,17,19-20,23-24H,7,12-16,18,21H2,1-2H3,(H2,32,33)(H,34,38). The number of nitrogens with two attached hydrogens (primary N) is 1. The second-order valence-electron chi connectivity index (χ2n) is 10.6. The monoisotopic (exact) mass is 526 g/mol. The zero-order chi connectivity index (χ0) is 27.2. The van der Waals surface area contributed by atoms with E-state index in [4.69, 9.17) is 15.5 Å². The molecule has 0 saturated heterocycles. The third-order valence-electron chi connectivity index (χ3n) is 7.51. The van der Waals surface area contributed by atoms with Gasteiger partial charge in [-0.1, -0.05) is 42.5 Å². The van der Waals surface area contributed by atoms with E-state index in [1.165, 1.54) is 0 Å². The summed E-state index contributed by atoms with van der Waals surface area (Å²) in [5.74, 6) is 2.71. The predicted octanol–water partition coefficient (Wildman–Crippen LogP) is 4.90. The number of hydrogen-bond acceptors (Lipinski definition) is 6. The number of carbonyl (C=O) groups is 1. The van der Waals surface area contributed by atoms with Crippen LogP contribution < -0.4 is 15.8 Å². The number of anilines is 1. The smallest absolute Gasteiger partial charge is 0.223 e. The largest absolute Gasteiger partial charge is 0.489 e. The highest BCUT2D eigenvalue weighted by atomic mass is 16.5. The van der Waals surface area contributed by atoms with Crippen LogP contribution in [0.15, 0.2) is 67.0 Å². The summed E-state index contributed by atoms with van der Waals surface area (Å²) in [4.78, 5) is 24.4. The number of benzene rings is 2. The van der Waals surface area contributed by atoms with Crippen LogP contribution in [0.1, 0.15) is 49.4 Å². The molecule has 8 nitrogen and oxygen atoms in total. The first kappa shape index (κ1) is 26.7. The van der Waals surface area contributed by atoms with E-state index in [0.717, 1.165) is 79.1 Å². The number of amides is 1. The lowest BCUT2D eigenvalue weighted by Crippen LogP contribution is -2.34. The molecule has 204 valence electrons. The molecule has 1 amide bonds. The highest BCUT2D eigenvalue weighted by Gasteiger charge is 2.30. The zero-order valence-electron chi connectivity index (χ0n) is 22.8. The van der Waals surface area contributed by atoms with Crippen molar-refractivity contribution in [2.24, 2.45) is 5.92 Å². The quantitative estimate of drug-likeness (QED) is 0.285. The summed E-state index contributed by atoms with van der Waals surface area (Å²) in [5, 5.41) is 3.13. The first-order chi connectivity index (χ1) is 19.0. The second kappa shape index (κ2) is 12.3. The minimum Gasteiger partial charge on any atom is -0.489 e. The molecule has 8 heteroatoms. The van der Waals surface area contributed by atoms with Gasteiger partial charge in [-0.2, -0.15) is 0 Å². The Kier molecular flexibility index (Phi) is 8.42. The first-order valence-corrected chi connectivity index (χ1v) is 13.8. The topological polar surface area (TPSA) is 97.8 Å². The van der Waals surface area contributed by atoms with Gasteiger partial charge in [-0.3, -0.25) is 9.20 Å². The van der Waals surface area contributed by atoms with Crippen LogP contribution in [0.2, 0.25) is 0 Å². The molecule has 39 heavy (non-hydrogen) atoms. The van der Waals surface area contributed by atoms with E-state index in [-0.39, 0.29) is 17.7 Å². The highest BCUT2D eigenvalue weighted by Crippen LogP contribution is 2.39. The number of fused-ring (bicyclic) bond motifs is 1. The number of aromatic nitrogens is 3. The number of nitrogen functional groups attached to an aromatic ring is 1. The Balaban J connectivity index is 1.31. The van der Waals surface area contributed by atoms with E-state index >= 15 is 0 Å². The summed E-state index contributed by atoms with van der Waals surface area (Å²) >= 11 is 0. The molecule has 0 bridgehead atoms. The van der Waals surface area contributed by atoms with Gasteiger partial charge in [0.15, 0.2) is 0 Å². The summed E-state index contributed by atoms with van der Waals surface area (Å²) < 4.78 is 8.16. The number of hydrogen-bond donors (Lipinski definition) is 2. The van der Waals surface area contributed by atoms with Crippen LogP contribution in [0, 0.1) is 5.92 Å². The van der Waals surface area contributed by atoms with Gasteiger partial charge < -0.3 is 20.7 Å².